The van der Waals surface area contributed by atoms with E-state index in [1.54, 1.807) is 6.07 Å². The summed E-state index contributed by atoms with van der Waals surface area (Å²) in [5.41, 5.74) is 1.20. The summed E-state index contributed by atoms with van der Waals surface area (Å²) in [4.78, 5) is 24.5. The van der Waals surface area contributed by atoms with Crippen molar-refractivity contribution in [2.24, 2.45) is 0 Å². The third kappa shape index (κ3) is 2.93. The van der Waals surface area contributed by atoms with E-state index in [2.05, 4.69) is 10.2 Å². The summed E-state index contributed by atoms with van der Waals surface area (Å²) < 4.78 is 5.08. The van der Waals surface area contributed by atoms with Gasteiger partial charge in [-0.15, -0.1) is 0 Å². The zero-order valence-electron chi connectivity index (χ0n) is 10.9. The largest absolute Gasteiger partial charge is 0.479 e. The number of amides is 1. The Morgan fingerprint density at radius 1 is 1.58 bits per heavy atom. The van der Waals surface area contributed by atoms with E-state index >= 15 is 0 Å². The summed E-state index contributed by atoms with van der Waals surface area (Å²) in [7, 11) is 0. The lowest BCUT2D eigenvalue weighted by molar-refractivity contribution is -0.154. The van der Waals surface area contributed by atoms with E-state index in [0.29, 0.717) is 12.2 Å². The maximum absolute atomic E-state index is 12.2. The highest BCUT2D eigenvalue weighted by Crippen LogP contribution is 2.15. The lowest BCUT2D eigenvalue weighted by Crippen LogP contribution is -2.48. The van der Waals surface area contributed by atoms with Gasteiger partial charge in [0.1, 0.15) is 5.69 Å². The third-order valence-corrected chi connectivity index (χ3v) is 3.07. The molecular formula is C12H17N3O4. The van der Waals surface area contributed by atoms with E-state index in [9.17, 15) is 9.59 Å². The topological polar surface area (TPSA) is 95.5 Å². The van der Waals surface area contributed by atoms with Crippen LogP contribution in [0.1, 0.15) is 35.9 Å². The molecule has 2 N–H and O–H groups in total. The molecule has 2 rings (SSSR count). The Morgan fingerprint density at radius 3 is 2.89 bits per heavy atom. The van der Waals surface area contributed by atoms with E-state index in [-0.39, 0.29) is 25.0 Å². The number of aliphatic carboxylic acids is 1. The number of ether oxygens (including phenoxy) is 1. The first-order valence-electron chi connectivity index (χ1n) is 6.18. The van der Waals surface area contributed by atoms with Gasteiger partial charge in [-0.05, 0) is 12.0 Å². The normalized spacial score (nSPS) is 19.7. The van der Waals surface area contributed by atoms with Crippen molar-refractivity contribution < 1.29 is 19.4 Å². The molecule has 1 aliphatic heterocycles. The molecule has 1 aliphatic rings. The molecule has 1 fully saturated rings. The van der Waals surface area contributed by atoms with Crippen LogP contribution in [0.2, 0.25) is 0 Å². The monoisotopic (exact) mass is 267 g/mol. The maximum Gasteiger partial charge on any atom is 0.334 e. The first kappa shape index (κ1) is 13.5. The molecule has 1 aromatic rings. The molecule has 1 saturated heterocycles. The first-order valence-corrected chi connectivity index (χ1v) is 6.18. The van der Waals surface area contributed by atoms with Gasteiger partial charge in [0, 0.05) is 12.2 Å². The summed E-state index contributed by atoms with van der Waals surface area (Å²) in [5.74, 6) is -1.06. The molecular weight excluding hydrogens is 250 g/mol. The van der Waals surface area contributed by atoms with Gasteiger partial charge in [-0.1, -0.05) is 13.8 Å². The fourth-order valence-electron chi connectivity index (χ4n) is 1.89. The Bertz CT molecular complexity index is 483. The van der Waals surface area contributed by atoms with Gasteiger partial charge in [-0.25, -0.2) is 4.79 Å². The van der Waals surface area contributed by atoms with Crippen molar-refractivity contribution in [3.05, 3.63) is 17.5 Å². The molecule has 1 amide bonds. The van der Waals surface area contributed by atoms with Gasteiger partial charge < -0.3 is 14.7 Å². The minimum atomic E-state index is -1.05. The maximum atomic E-state index is 12.2. The molecule has 2 heterocycles. The molecule has 19 heavy (non-hydrogen) atoms. The van der Waals surface area contributed by atoms with Crippen LogP contribution in [0.25, 0.3) is 0 Å². The molecule has 7 nitrogen and oxygen atoms in total. The van der Waals surface area contributed by atoms with Crippen LogP contribution in [0.5, 0.6) is 0 Å². The highest BCUT2D eigenvalue weighted by molar-refractivity contribution is 5.92. The Balaban J connectivity index is 2.08. The summed E-state index contributed by atoms with van der Waals surface area (Å²) in [5, 5.41) is 15.7. The number of aromatic nitrogens is 2. The van der Waals surface area contributed by atoms with Gasteiger partial charge in [0.05, 0.1) is 13.2 Å². The van der Waals surface area contributed by atoms with Crippen molar-refractivity contribution in [1.29, 1.82) is 0 Å². The zero-order chi connectivity index (χ0) is 14.0. The molecule has 1 unspecified atom stereocenters. The minimum Gasteiger partial charge on any atom is -0.479 e. The van der Waals surface area contributed by atoms with Crippen molar-refractivity contribution in [3.63, 3.8) is 0 Å². The molecule has 0 spiro atoms. The zero-order valence-corrected chi connectivity index (χ0v) is 10.9. The summed E-state index contributed by atoms with van der Waals surface area (Å²) >= 11 is 0. The van der Waals surface area contributed by atoms with Crippen LogP contribution in [0.4, 0.5) is 0 Å². The third-order valence-electron chi connectivity index (χ3n) is 3.07. The Labute approximate surface area is 110 Å². The smallest absolute Gasteiger partial charge is 0.334 e. The van der Waals surface area contributed by atoms with Crippen LogP contribution < -0.4 is 0 Å². The molecule has 0 aromatic carbocycles. The number of aromatic amines is 1. The molecule has 0 radical (unpaired) electrons. The summed E-state index contributed by atoms with van der Waals surface area (Å²) in [6, 6.07) is 1.71. The van der Waals surface area contributed by atoms with E-state index in [0.717, 1.165) is 5.69 Å². The van der Waals surface area contributed by atoms with E-state index < -0.39 is 12.1 Å². The van der Waals surface area contributed by atoms with E-state index in [1.165, 1.54) is 4.90 Å². The summed E-state index contributed by atoms with van der Waals surface area (Å²) in [6.45, 7) is 4.66. The molecule has 104 valence electrons. The minimum absolute atomic E-state index is 0.0536. The van der Waals surface area contributed by atoms with E-state index in [4.69, 9.17) is 9.84 Å². The average molecular weight is 267 g/mol. The van der Waals surface area contributed by atoms with Gasteiger partial charge in [0.25, 0.3) is 5.91 Å². The number of morpholine rings is 1. The van der Waals surface area contributed by atoms with Crippen LogP contribution >= 0.6 is 0 Å². The number of nitrogens with one attached hydrogen (secondary N) is 1. The molecule has 1 atom stereocenters. The molecule has 7 heteroatoms. The van der Waals surface area contributed by atoms with Crippen molar-refractivity contribution in [2.75, 3.05) is 19.7 Å². The second-order valence-corrected chi connectivity index (χ2v) is 4.81. The standard InChI is InChI=1S/C12H17N3O4/c1-7(2)8-5-9(14-13-8)11(16)15-3-4-19-10(6-15)12(17)18/h5,7,10H,3-4,6H2,1-2H3,(H,13,14)(H,17,18). The average Bonchev–Trinajstić information content (AvgIpc) is 2.87. The fraction of sp³-hybridized carbons (Fsp3) is 0.583. The Hall–Kier alpha value is -1.89. The SMILES string of the molecule is CC(C)c1cc(C(=O)N2CCOC(C(=O)O)C2)n[nH]1. The number of carboxylic acid groups (broad SMARTS) is 1. The van der Waals surface area contributed by atoms with Gasteiger partial charge in [0.15, 0.2) is 6.10 Å². The highest BCUT2D eigenvalue weighted by atomic mass is 16.5. The van der Waals surface area contributed by atoms with Gasteiger partial charge in [-0.3, -0.25) is 9.89 Å². The molecule has 0 bridgehead atoms. The molecule has 1 aromatic heterocycles. The number of hydrogen-bond donors (Lipinski definition) is 2. The van der Waals surface area contributed by atoms with Crippen LogP contribution in [0.3, 0.4) is 0 Å². The van der Waals surface area contributed by atoms with Gasteiger partial charge in [-0.2, -0.15) is 5.10 Å². The number of hydrogen-bond acceptors (Lipinski definition) is 4. The van der Waals surface area contributed by atoms with Crippen molar-refractivity contribution in [1.82, 2.24) is 15.1 Å². The Morgan fingerprint density at radius 2 is 2.32 bits per heavy atom. The number of carbonyl (C=O) groups is 2. The number of H-pyrrole nitrogens is 1. The molecule has 0 saturated carbocycles. The lowest BCUT2D eigenvalue weighted by Gasteiger charge is -2.30. The van der Waals surface area contributed by atoms with Crippen molar-refractivity contribution in [3.8, 4) is 0 Å². The van der Waals surface area contributed by atoms with Crippen LogP contribution in [-0.2, 0) is 9.53 Å². The second kappa shape index (κ2) is 5.40. The molecule has 0 aliphatic carbocycles. The predicted octanol–water partition coefficient (Wildman–Crippen LogP) is 0.459. The number of nitrogens with zero attached hydrogens (tertiary/aromatic N) is 2. The van der Waals surface area contributed by atoms with Gasteiger partial charge >= 0.3 is 5.97 Å². The quantitative estimate of drug-likeness (QED) is 0.829. The van der Waals surface area contributed by atoms with Gasteiger partial charge in [0.2, 0.25) is 0 Å². The number of carboxylic acids is 1. The van der Waals surface area contributed by atoms with E-state index in [1.807, 2.05) is 13.8 Å². The van der Waals surface area contributed by atoms with Crippen molar-refractivity contribution in [2.45, 2.75) is 25.9 Å². The fourth-order valence-corrected chi connectivity index (χ4v) is 1.89. The Kier molecular flexibility index (Phi) is 3.84. The summed E-state index contributed by atoms with van der Waals surface area (Å²) in [6.07, 6.45) is -0.957. The number of rotatable bonds is 3. The lowest BCUT2D eigenvalue weighted by atomic mass is 10.1. The second-order valence-electron chi connectivity index (χ2n) is 4.81. The highest BCUT2D eigenvalue weighted by Gasteiger charge is 2.30. The van der Waals surface area contributed by atoms with Crippen LogP contribution in [0, 0.1) is 0 Å². The predicted molar refractivity (Wildman–Crippen MR) is 66.0 cm³/mol. The van der Waals surface area contributed by atoms with Crippen LogP contribution in [-0.4, -0.2) is 57.9 Å². The number of carbonyl (C=O) groups excluding carboxylic acids is 1. The van der Waals surface area contributed by atoms with Crippen molar-refractivity contribution >= 4 is 11.9 Å². The van der Waals surface area contributed by atoms with Crippen LogP contribution in [0.15, 0.2) is 6.07 Å². The first-order chi connectivity index (χ1) is 8.99.